The molecule has 1 amide bonds. The number of methoxy groups -OCH3 is 1. The molecular formula is C23H18ClF2NO4. The van der Waals surface area contributed by atoms with E-state index in [0.717, 1.165) is 17.7 Å². The molecule has 0 radical (unpaired) electrons. The van der Waals surface area contributed by atoms with Crippen LogP contribution in [0.15, 0.2) is 60.7 Å². The molecule has 5 nitrogen and oxygen atoms in total. The number of amides is 1. The van der Waals surface area contributed by atoms with Gasteiger partial charge in [0.2, 0.25) is 0 Å². The van der Waals surface area contributed by atoms with Crippen LogP contribution in [0.4, 0.5) is 8.78 Å². The normalized spacial score (nSPS) is 11.5. The largest absolute Gasteiger partial charge is 0.465 e. The van der Waals surface area contributed by atoms with E-state index >= 15 is 0 Å². The third-order valence-electron chi connectivity index (χ3n) is 4.48. The van der Waals surface area contributed by atoms with Crippen LogP contribution in [-0.4, -0.2) is 19.0 Å². The Balaban J connectivity index is 1.81. The highest BCUT2D eigenvalue weighted by Gasteiger charge is 2.19. The van der Waals surface area contributed by atoms with Crippen LogP contribution in [0, 0.1) is 11.6 Å². The summed E-state index contributed by atoms with van der Waals surface area (Å²) in [5, 5.41) is 3.09. The number of halogens is 3. The number of rotatable bonds is 6. The molecule has 1 atom stereocenters. The van der Waals surface area contributed by atoms with Gasteiger partial charge in [-0.25, -0.2) is 13.6 Å². The molecule has 0 bridgehead atoms. The lowest BCUT2D eigenvalue weighted by Gasteiger charge is -2.17. The third kappa shape index (κ3) is 5.38. The van der Waals surface area contributed by atoms with Crippen molar-refractivity contribution in [1.82, 2.24) is 5.32 Å². The van der Waals surface area contributed by atoms with E-state index in [2.05, 4.69) is 10.1 Å². The van der Waals surface area contributed by atoms with Crippen LogP contribution in [0.5, 0.6) is 11.5 Å². The lowest BCUT2D eigenvalue weighted by atomic mass is 10.1. The van der Waals surface area contributed by atoms with Crippen molar-refractivity contribution in [1.29, 1.82) is 0 Å². The van der Waals surface area contributed by atoms with E-state index in [-0.39, 0.29) is 22.1 Å². The molecule has 0 aliphatic rings. The first-order valence-corrected chi connectivity index (χ1v) is 9.58. The first kappa shape index (κ1) is 22.2. The average Bonchev–Trinajstić information content (AvgIpc) is 2.76. The van der Waals surface area contributed by atoms with E-state index in [0.29, 0.717) is 11.6 Å². The SMILES string of the molecule is COC(=O)c1ccc([C@H](C)NC(=O)c2cc(Cl)ccc2Oc2ccc(F)cc2F)cc1. The molecule has 1 N–H and O–H groups in total. The molecular weight excluding hydrogens is 428 g/mol. The lowest BCUT2D eigenvalue weighted by molar-refractivity contribution is 0.0600. The molecule has 0 aliphatic carbocycles. The van der Waals surface area contributed by atoms with Crippen LogP contribution < -0.4 is 10.1 Å². The second-order valence-corrected chi connectivity index (χ2v) is 7.06. The van der Waals surface area contributed by atoms with Crippen LogP contribution in [0.3, 0.4) is 0 Å². The smallest absolute Gasteiger partial charge is 0.337 e. The molecule has 31 heavy (non-hydrogen) atoms. The lowest BCUT2D eigenvalue weighted by Crippen LogP contribution is -2.27. The van der Waals surface area contributed by atoms with Gasteiger partial charge in [0.25, 0.3) is 5.91 Å². The van der Waals surface area contributed by atoms with Crippen molar-refractivity contribution in [2.45, 2.75) is 13.0 Å². The number of ether oxygens (including phenoxy) is 2. The highest BCUT2D eigenvalue weighted by Crippen LogP contribution is 2.30. The summed E-state index contributed by atoms with van der Waals surface area (Å²) in [7, 11) is 1.29. The highest BCUT2D eigenvalue weighted by molar-refractivity contribution is 6.31. The molecule has 160 valence electrons. The van der Waals surface area contributed by atoms with Crippen LogP contribution in [0.25, 0.3) is 0 Å². The van der Waals surface area contributed by atoms with E-state index < -0.39 is 29.6 Å². The second-order valence-electron chi connectivity index (χ2n) is 6.63. The van der Waals surface area contributed by atoms with Crippen molar-refractivity contribution in [3.05, 3.63) is 94.0 Å². The predicted octanol–water partition coefficient (Wildman–Crippen LogP) is 5.69. The Labute approximate surface area is 182 Å². The first-order chi connectivity index (χ1) is 14.8. The molecule has 3 rings (SSSR count). The monoisotopic (exact) mass is 445 g/mol. The van der Waals surface area contributed by atoms with E-state index in [1.165, 1.54) is 25.3 Å². The summed E-state index contributed by atoms with van der Waals surface area (Å²) >= 11 is 6.03. The number of hydrogen-bond acceptors (Lipinski definition) is 4. The molecule has 8 heteroatoms. The second kappa shape index (κ2) is 9.57. The van der Waals surface area contributed by atoms with Gasteiger partial charge in [-0.05, 0) is 55.0 Å². The van der Waals surface area contributed by atoms with Gasteiger partial charge in [-0.1, -0.05) is 23.7 Å². The average molecular weight is 446 g/mol. The Morgan fingerprint density at radius 3 is 2.29 bits per heavy atom. The summed E-state index contributed by atoms with van der Waals surface area (Å²) in [6.07, 6.45) is 0. The van der Waals surface area contributed by atoms with E-state index in [4.69, 9.17) is 16.3 Å². The molecule has 0 unspecified atom stereocenters. The predicted molar refractivity (Wildman–Crippen MR) is 112 cm³/mol. The summed E-state index contributed by atoms with van der Waals surface area (Å²) in [6, 6.07) is 13.3. The Kier molecular flexibility index (Phi) is 6.87. The zero-order valence-corrected chi connectivity index (χ0v) is 17.4. The summed E-state index contributed by atoms with van der Waals surface area (Å²) in [5.74, 6) is -2.79. The Morgan fingerprint density at radius 2 is 1.65 bits per heavy atom. The minimum absolute atomic E-state index is 0.0562. The van der Waals surface area contributed by atoms with Crippen LogP contribution in [0.1, 0.15) is 39.2 Å². The minimum atomic E-state index is -0.902. The van der Waals surface area contributed by atoms with Crippen molar-refractivity contribution >= 4 is 23.5 Å². The first-order valence-electron chi connectivity index (χ1n) is 9.20. The van der Waals surface area contributed by atoms with Crippen LogP contribution in [-0.2, 0) is 4.74 Å². The Bertz CT molecular complexity index is 1120. The molecule has 0 aromatic heterocycles. The number of carbonyl (C=O) groups excluding carboxylic acids is 2. The summed E-state index contributed by atoms with van der Waals surface area (Å²) in [5.41, 5.74) is 1.21. The van der Waals surface area contributed by atoms with Gasteiger partial charge in [-0.2, -0.15) is 0 Å². The third-order valence-corrected chi connectivity index (χ3v) is 4.71. The van der Waals surface area contributed by atoms with Gasteiger partial charge in [0.05, 0.1) is 24.3 Å². The molecule has 0 aliphatic heterocycles. The number of benzene rings is 3. The summed E-state index contributed by atoms with van der Waals surface area (Å²) < 4.78 is 37.3. The van der Waals surface area contributed by atoms with E-state index in [9.17, 15) is 18.4 Å². The maximum Gasteiger partial charge on any atom is 0.337 e. The zero-order valence-electron chi connectivity index (χ0n) is 16.6. The van der Waals surface area contributed by atoms with Crippen LogP contribution >= 0.6 is 11.6 Å². The van der Waals surface area contributed by atoms with Crippen molar-refractivity contribution in [3.63, 3.8) is 0 Å². The van der Waals surface area contributed by atoms with Crippen LogP contribution in [0.2, 0.25) is 5.02 Å². The zero-order chi connectivity index (χ0) is 22.5. The van der Waals surface area contributed by atoms with Crippen molar-refractivity contribution in [2.75, 3.05) is 7.11 Å². The van der Waals surface area contributed by atoms with Gasteiger partial charge < -0.3 is 14.8 Å². The highest BCUT2D eigenvalue weighted by atomic mass is 35.5. The van der Waals surface area contributed by atoms with Gasteiger partial charge >= 0.3 is 5.97 Å². The Hall–Kier alpha value is -3.45. The molecule has 0 saturated heterocycles. The number of carbonyl (C=O) groups is 2. The van der Waals surface area contributed by atoms with E-state index in [1.807, 2.05) is 0 Å². The fraction of sp³-hybridized carbons (Fsp3) is 0.130. The molecule has 3 aromatic rings. The molecule has 0 heterocycles. The maximum absolute atomic E-state index is 14.0. The maximum atomic E-state index is 14.0. The van der Waals surface area contributed by atoms with Crippen molar-refractivity contribution < 1.29 is 27.8 Å². The van der Waals surface area contributed by atoms with Crippen molar-refractivity contribution in [2.24, 2.45) is 0 Å². The fourth-order valence-corrected chi connectivity index (χ4v) is 3.00. The van der Waals surface area contributed by atoms with Gasteiger partial charge in [0.1, 0.15) is 11.6 Å². The van der Waals surface area contributed by atoms with Gasteiger partial charge in [0, 0.05) is 11.1 Å². The quantitative estimate of drug-likeness (QED) is 0.495. The number of nitrogens with one attached hydrogen (secondary N) is 1. The molecule has 0 saturated carbocycles. The summed E-state index contributed by atoms with van der Waals surface area (Å²) in [6.45, 7) is 1.76. The molecule has 0 spiro atoms. The summed E-state index contributed by atoms with van der Waals surface area (Å²) in [4.78, 5) is 24.4. The minimum Gasteiger partial charge on any atom is -0.465 e. The van der Waals surface area contributed by atoms with E-state index in [1.54, 1.807) is 31.2 Å². The van der Waals surface area contributed by atoms with Gasteiger partial charge in [0.15, 0.2) is 11.6 Å². The topological polar surface area (TPSA) is 64.6 Å². The fourth-order valence-electron chi connectivity index (χ4n) is 2.83. The molecule has 3 aromatic carbocycles. The van der Waals surface area contributed by atoms with Gasteiger partial charge in [-0.15, -0.1) is 0 Å². The Morgan fingerprint density at radius 1 is 0.968 bits per heavy atom. The van der Waals surface area contributed by atoms with Gasteiger partial charge in [-0.3, -0.25) is 4.79 Å². The molecule has 0 fully saturated rings. The number of esters is 1. The number of hydrogen-bond donors (Lipinski definition) is 1. The van der Waals surface area contributed by atoms with Crippen molar-refractivity contribution in [3.8, 4) is 11.5 Å². The standard InChI is InChI=1S/C23H18ClF2NO4/c1-13(14-3-5-15(6-4-14)23(29)30-2)27-22(28)18-11-16(24)7-9-20(18)31-21-10-8-17(25)12-19(21)26/h3-13H,1-2H3,(H,27,28)/t13-/m0/s1.